The number of fused-ring (bicyclic) bond motifs is 1. The lowest BCUT2D eigenvalue weighted by atomic mass is 10.1. The first-order valence-corrected chi connectivity index (χ1v) is 7.55. The standard InChI is InChI=1S/C18H19NO4/c1-21-14-8-6-13(7-9-14)10-11-19-18(20)17-12-22-15-4-2-3-5-16(15)23-17/h2-9,17H,10-12H2,1H3,(H,19,20)/t17-/m0/s1. The van der Waals surface area contributed by atoms with E-state index >= 15 is 0 Å². The van der Waals surface area contributed by atoms with E-state index in [1.54, 1.807) is 13.2 Å². The lowest BCUT2D eigenvalue weighted by Crippen LogP contribution is -2.44. The first kappa shape index (κ1) is 15.2. The molecule has 0 bridgehead atoms. The zero-order chi connectivity index (χ0) is 16.1. The average molecular weight is 313 g/mol. The molecule has 0 saturated heterocycles. The van der Waals surface area contributed by atoms with Crippen LogP contribution in [0.5, 0.6) is 17.2 Å². The summed E-state index contributed by atoms with van der Waals surface area (Å²) in [6, 6.07) is 15.1. The molecule has 1 atom stereocenters. The lowest BCUT2D eigenvalue weighted by molar-refractivity contribution is -0.130. The van der Waals surface area contributed by atoms with Crippen LogP contribution in [0.2, 0.25) is 0 Å². The molecule has 1 heterocycles. The topological polar surface area (TPSA) is 56.8 Å². The number of amides is 1. The van der Waals surface area contributed by atoms with Crippen molar-refractivity contribution >= 4 is 5.91 Å². The van der Waals surface area contributed by atoms with Crippen LogP contribution in [0.25, 0.3) is 0 Å². The van der Waals surface area contributed by atoms with Gasteiger partial charge < -0.3 is 19.5 Å². The first-order valence-electron chi connectivity index (χ1n) is 7.55. The third kappa shape index (κ3) is 3.74. The SMILES string of the molecule is COc1ccc(CCNC(=O)[C@@H]2COc3ccccc3O2)cc1. The molecule has 3 rings (SSSR count). The van der Waals surface area contributed by atoms with Gasteiger partial charge in [-0.1, -0.05) is 24.3 Å². The van der Waals surface area contributed by atoms with Crippen molar-refractivity contribution in [3.63, 3.8) is 0 Å². The third-order valence-electron chi connectivity index (χ3n) is 3.67. The van der Waals surface area contributed by atoms with Crippen LogP contribution in [0.1, 0.15) is 5.56 Å². The number of methoxy groups -OCH3 is 1. The van der Waals surface area contributed by atoms with Crippen LogP contribution in [0, 0.1) is 0 Å². The second-order valence-electron chi connectivity index (χ2n) is 5.25. The number of nitrogens with one attached hydrogen (secondary N) is 1. The van der Waals surface area contributed by atoms with Gasteiger partial charge in [0.2, 0.25) is 6.10 Å². The van der Waals surface area contributed by atoms with Crippen molar-refractivity contribution in [3.05, 3.63) is 54.1 Å². The van der Waals surface area contributed by atoms with E-state index in [4.69, 9.17) is 14.2 Å². The summed E-state index contributed by atoms with van der Waals surface area (Å²) in [5.74, 6) is 1.95. The van der Waals surface area contributed by atoms with Crippen molar-refractivity contribution < 1.29 is 19.0 Å². The lowest BCUT2D eigenvalue weighted by Gasteiger charge is -2.25. The van der Waals surface area contributed by atoms with E-state index in [-0.39, 0.29) is 12.5 Å². The van der Waals surface area contributed by atoms with Gasteiger partial charge in [-0.05, 0) is 36.2 Å². The second kappa shape index (κ2) is 7.05. The molecule has 5 heteroatoms. The maximum Gasteiger partial charge on any atom is 0.264 e. The van der Waals surface area contributed by atoms with E-state index in [1.807, 2.05) is 42.5 Å². The third-order valence-corrected chi connectivity index (χ3v) is 3.67. The number of para-hydroxylation sites is 2. The second-order valence-corrected chi connectivity index (χ2v) is 5.25. The molecular formula is C18H19NO4. The Morgan fingerprint density at radius 2 is 1.91 bits per heavy atom. The smallest absolute Gasteiger partial charge is 0.264 e. The maximum atomic E-state index is 12.2. The molecule has 0 radical (unpaired) electrons. The number of carbonyl (C=O) groups is 1. The molecule has 0 aromatic heterocycles. The molecule has 0 saturated carbocycles. The fourth-order valence-corrected chi connectivity index (χ4v) is 2.38. The number of ether oxygens (including phenoxy) is 3. The minimum Gasteiger partial charge on any atom is -0.497 e. The Morgan fingerprint density at radius 1 is 1.17 bits per heavy atom. The van der Waals surface area contributed by atoms with Crippen molar-refractivity contribution in [3.8, 4) is 17.2 Å². The molecule has 0 aliphatic carbocycles. The number of hydrogen-bond donors (Lipinski definition) is 1. The van der Waals surface area contributed by atoms with E-state index < -0.39 is 6.10 Å². The number of hydrogen-bond acceptors (Lipinski definition) is 4. The Bertz CT molecular complexity index is 669. The van der Waals surface area contributed by atoms with Crippen LogP contribution >= 0.6 is 0 Å². The summed E-state index contributed by atoms with van der Waals surface area (Å²) >= 11 is 0. The molecule has 2 aromatic rings. The van der Waals surface area contributed by atoms with Crippen LogP contribution in [0.3, 0.4) is 0 Å². The molecule has 1 amide bonds. The molecule has 1 aliphatic heterocycles. The Balaban J connectivity index is 1.48. The summed E-state index contributed by atoms with van der Waals surface area (Å²) in [5, 5.41) is 2.89. The fourth-order valence-electron chi connectivity index (χ4n) is 2.38. The average Bonchev–Trinajstić information content (AvgIpc) is 2.61. The highest BCUT2D eigenvalue weighted by Gasteiger charge is 2.26. The Labute approximate surface area is 135 Å². The molecule has 0 spiro atoms. The summed E-state index contributed by atoms with van der Waals surface area (Å²) in [4.78, 5) is 12.2. The summed E-state index contributed by atoms with van der Waals surface area (Å²) in [7, 11) is 1.64. The molecule has 1 aliphatic rings. The Kier molecular flexibility index (Phi) is 4.66. The van der Waals surface area contributed by atoms with E-state index in [1.165, 1.54) is 0 Å². The van der Waals surface area contributed by atoms with Gasteiger partial charge in [0.1, 0.15) is 12.4 Å². The van der Waals surface area contributed by atoms with Gasteiger partial charge in [0.05, 0.1) is 7.11 Å². The Hall–Kier alpha value is -2.69. The first-order chi connectivity index (χ1) is 11.3. The molecule has 0 unspecified atom stereocenters. The summed E-state index contributed by atoms with van der Waals surface area (Å²) < 4.78 is 16.3. The fraction of sp³-hybridized carbons (Fsp3) is 0.278. The summed E-state index contributed by atoms with van der Waals surface area (Å²) in [6.45, 7) is 0.776. The normalized spacial score (nSPS) is 15.8. The van der Waals surface area contributed by atoms with Gasteiger partial charge in [-0.3, -0.25) is 4.79 Å². The predicted octanol–water partition coefficient (Wildman–Crippen LogP) is 2.19. The van der Waals surface area contributed by atoms with E-state index in [9.17, 15) is 4.79 Å². The predicted molar refractivity (Wildman–Crippen MR) is 86.1 cm³/mol. The van der Waals surface area contributed by atoms with Crippen molar-refractivity contribution in [2.24, 2.45) is 0 Å². The molecule has 1 N–H and O–H groups in total. The summed E-state index contributed by atoms with van der Waals surface area (Å²) in [5.41, 5.74) is 1.14. The minimum absolute atomic E-state index is 0.159. The van der Waals surface area contributed by atoms with Crippen LogP contribution in [0.4, 0.5) is 0 Å². The van der Waals surface area contributed by atoms with Gasteiger partial charge in [0, 0.05) is 6.54 Å². The van der Waals surface area contributed by atoms with Gasteiger partial charge in [0.15, 0.2) is 11.5 Å². The molecule has 5 nitrogen and oxygen atoms in total. The number of carbonyl (C=O) groups excluding carboxylic acids is 1. The zero-order valence-electron chi connectivity index (χ0n) is 13.0. The van der Waals surface area contributed by atoms with Gasteiger partial charge in [-0.15, -0.1) is 0 Å². The maximum absolute atomic E-state index is 12.2. The molecule has 120 valence electrons. The van der Waals surface area contributed by atoms with E-state index in [2.05, 4.69) is 5.32 Å². The minimum atomic E-state index is -0.610. The monoisotopic (exact) mass is 313 g/mol. The molecule has 23 heavy (non-hydrogen) atoms. The van der Waals surface area contributed by atoms with E-state index in [0.717, 1.165) is 17.7 Å². The van der Waals surface area contributed by atoms with Gasteiger partial charge in [-0.2, -0.15) is 0 Å². The molecule has 0 fully saturated rings. The Morgan fingerprint density at radius 3 is 2.65 bits per heavy atom. The highest BCUT2D eigenvalue weighted by atomic mass is 16.6. The summed E-state index contributed by atoms with van der Waals surface area (Å²) in [6.07, 6.45) is 0.139. The quantitative estimate of drug-likeness (QED) is 0.919. The molecular weight excluding hydrogens is 294 g/mol. The van der Waals surface area contributed by atoms with Gasteiger partial charge in [0.25, 0.3) is 5.91 Å². The highest BCUT2D eigenvalue weighted by molar-refractivity contribution is 5.81. The van der Waals surface area contributed by atoms with Crippen molar-refractivity contribution in [2.75, 3.05) is 20.3 Å². The largest absolute Gasteiger partial charge is 0.497 e. The molecule has 2 aromatic carbocycles. The van der Waals surface area contributed by atoms with Crippen LogP contribution in [-0.4, -0.2) is 32.3 Å². The van der Waals surface area contributed by atoms with Crippen LogP contribution < -0.4 is 19.5 Å². The zero-order valence-corrected chi connectivity index (χ0v) is 13.0. The van der Waals surface area contributed by atoms with Gasteiger partial charge in [-0.25, -0.2) is 0 Å². The van der Waals surface area contributed by atoms with E-state index in [0.29, 0.717) is 18.0 Å². The highest BCUT2D eigenvalue weighted by Crippen LogP contribution is 2.30. The van der Waals surface area contributed by atoms with Crippen molar-refractivity contribution in [1.82, 2.24) is 5.32 Å². The van der Waals surface area contributed by atoms with Crippen LogP contribution in [-0.2, 0) is 11.2 Å². The van der Waals surface area contributed by atoms with Crippen LogP contribution in [0.15, 0.2) is 48.5 Å². The van der Waals surface area contributed by atoms with Crippen molar-refractivity contribution in [1.29, 1.82) is 0 Å². The van der Waals surface area contributed by atoms with Gasteiger partial charge >= 0.3 is 0 Å². The van der Waals surface area contributed by atoms with Crippen molar-refractivity contribution in [2.45, 2.75) is 12.5 Å². The number of rotatable bonds is 5. The number of benzene rings is 2.